The Morgan fingerprint density at radius 1 is 1.35 bits per heavy atom. The predicted octanol–water partition coefficient (Wildman–Crippen LogP) is 0.835. The molecule has 0 saturated carbocycles. The van der Waals surface area contributed by atoms with E-state index in [0.717, 1.165) is 11.4 Å². The third-order valence-electron chi connectivity index (χ3n) is 2.36. The van der Waals surface area contributed by atoms with Crippen LogP contribution in [0, 0.1) is 0 Å². The molecule has 6 nitrogen and oxygen atoms in total. The number of hydrogen-bond donors (Lipinski definition) is 0. The molecule has 2 aromatic rings. The van der Waals surface area contributed by atoms with Crippen LogP contribution in [-0.2, 0) is 22.7 Å². The van der Waals surface area contributed by atoms with Gasteiger partial charge >= 0.3 is 0 Å². The highest BCUT2D eigenvalue weighted by molar-refractivity contribution is 5.81. The summed E-state index contributed by atoms with van der Waals surface area (Å²) in [6.07, 6.45) is 2.26. The maximum Gasteiger partial charge on any atom is 0.172 e. The molecular formula is C11H13N3O3. The van der Waals surface area contributed by atoms with E-state index in [0.29, 0.717) is 30.8 Å². The van der Waals surface area contributed by atoms with E-state index >= 15 is 0 Å². The van der Waals surface area contributed by atoms with Crippen LogP contribution < -0.4 is 0 Å². The summed E-state index contributed by atoms with van der Waals surface area (Å²) < 4.78 is 11.9. The monoisotopic (exact) mass is 235 g/mol. The van der Waals surface area contributed by atoms with Gasteiger partial charge in [-0.1, -0.05) is 0 Å². The van der Waals surface area contributed by atoms with Gasteiger partial charge in [0.15, 0.2) is 11.9 Å². The first-order valence-corrected chi connectivity index (χ1v) is 5.09. The average molecular weight is 235 g/mol. The molecule has 2 aromatic heterocycles. The van der Waals surface area contributed by atoms with Gasteiger partial charge in [-0.25, -0.2) is 9.97 Å². The summed E-state index contributed by atoms with van der Waals surface area (Å²) in [5.41, 5.74) is 2.47. The van der Waals surface area contributed by atoms with E-state index in [1.165, 1.54) is 0 Å². The highest BCUT2D eigenvalue weighted by atomic mass is 16.5. The maximum absolute atomic E-state index is 10.8. The van der Waals surface area contributed by atoms with Crippen molar-refractivity contribution in [1.29, 1.82) is 0 Å². The Kier molecular flexibility index (Phi) is 3.46. The van der Waals surface area contributed by atoms with Crippen LogP contribution in [0.25, 0.3) is 5.65 Å². The Morgan fingerprint density at radius 2 is 2.12 bits per heavy atom. The standard InChI is InChI=1S/C11H13N3O3/c1-16-5-8-3-9(6-17-2)14-7-12-10(4-15)11(14)13-8/h3-4,7H,5-6H2,1-2H3. The zero-order chi connectivity index (χ0) is 12.3. The summed E-state index contributed by atoms with van der Waals surface area (Å²) in [6, 6.07) is 1.87. The van der Waals surface area contributed by atoms with Gasteiger partial charge in [-0.05, 0) is 6.07 Å². The van der Waals surface area contributed by atoms with Gasteiger partial charge < -0.3 is 9.47 Å². The van der Waals surface area contributed by atoms with Crippen molar-refractivity contribution in [3.05, 3.63) is 29.5 Å². The molecule has 0 spiro atoms. The molecule has 0 fully saturated rings. The van der Waals surface area contributed by atoms with Gasteiger partial charge in [0, 0.05) is 14.2 Å². The number of carbonyl (C=O) groups excluding carboxylic acids is 1. The van der Waals surface area contributed by atoms with Crippen molar-refractivity contribution in [2.45, 2.75) is 13.2 Å². The lowest BCUT2D eigenvalue weighted by Gasteiger charge is -2.07. The number of aromatic nitrogens is 3. The third kappa shape index (κ3) is 2.17. The second kappa shape index (κ2) is 5.03. The minimum Gasteiger partial charge on any atom is -0.378 e. The number of rotatable bonds is 5. The molecule has 0 N–H and O–H groups in total. The number of ether oxygens (including phenoxy) is 2. The molecule has 2 rings (SSSR count). The Hall–Kier alpha value is -1.79. The number of aldehydes is 1. The van der Waals surface area contributed by atoms with Crippen LogP contribution >= 0.6 is 0 Å². The quantitative estimate of drug-likeness (QED) is 0.718. The van der Waals surface area contributed by atoms with Crippen LogP contribution in [0.5, 0.6) is 0 Å². The van der Waals surface area contributed by atoms with E-state index < -0.39 is 0 Å². The minimum absolute atomic E-state index is 0.320. The molecule has 0 aliphatic heterocycles. The first-order valence-electron chi connectivity index (χ1n) is 5.09. The van der Waals surface area contributed by atoms with Gasteiger partial charge in [0.1, 0.15) is 12.0 Å². The van der Waals surface area contributed by atoms with E-state index in [-0.39, 0.29) is 0 Å². The number of nitrogens with zero attached hydrogens (tertiary/aromatic N) is 3. The highest BCUT2D eigenvalue weighted by Crippen LogP contribution is 2.12. The lowest BCUT2D eigenvalue weighted by atomic mass is 10.3. The van der Waals surface area contributed by atoms with E-state index in [1.54, 1.807) is 24.9 Å². The molecule has 17 heavy (non-hydrogen) atoms. The first-order chi connectivity index (χ1) is 8.30. The largest absolute Gasteiger partial charge is 0.378 e. The van der Waals surface area contributed by atoms with Crippen molar-refractivity contribution in [3.8, 4) is 0 Å². The number of methoxy groups -OCH3 is 2. The zero-order valence-corrected chi connectivity index (χ0v) is 9.71. The molecule has 90 valence electrons. The van der Waals surface area contributed by atoms with Crippen molar-refractivity contribution in [2.24, 2.45) is 0 Å². The Morgan fingerprint density at radius 3 is 2.76 bits per heavy atom. The summed E-state index contributed by atoms with van der Waals surface area (Å²) in [5, 5.41) is 0. The van der Waals surface area contributed by atoms with Gasteiger partial charge in [0.25, 0.3) is 0 Å². The smallest absolute Gasteiger partial charge is 0.172 e. The molecule has 0 bridgehead atoms. The van der Waals surface area contributed by atoms with E-state index in [9.17, 15) is 4.79 Å². The van der Waals surface area contributed by atoms with Gasteiger partial charge in [-0.3, -0.25) is 9.20 Å². The summed E-state index contributed by atoms with van der Waals surface area (Å²) >= 11 is 0. The van der Waals surface area contributed by atoms with Crippen molar-refractivity contribution in [1.82, 2.24) is 14.4 Å². The van der Waals surface area contributed by atoms with Crippen molar-refractivity contribution in [2.75, 3.05) is 14.2 Å². The lowest BCUT2D eigenvalue weighted by Crippen LogP contribution is -2.04. The SMILES string of the molecule is COCc1cc(COC)n2cnc(C=O)c2n1. The van der Waals surface area contributed by atoms with Crippen LogP contribution in [0.15, 0.2) is 12.4 Å². The Bertz CT molecular complexity index is 536. The molecule has 0 aliphatic rings. The first kappa shape index (κ1) is 11.7. The van der Waals surface area contributed by atoms with Gasteiger partial charge in [-0.2, -0.15) is 0 Å². The van der Waals surface area contributed by atoms with Crippen LogP contribution in [-0.4, -0.2) is 34.9 Å². The maximum atomic E-state index is 10.8. The molecule has 0 saturated heterocycles. The highest BCUT2D eigenvalue weighted by Gasteiger charge is 2.10. The molecular weight excluding hydrogens is 222 g/mol. The second-order valence-electron chi connectivity index (χ2n) is 3.55. The minimum atomic E-state index is 0.320. The van der Waals surface area contributed by atoms with E-state index in [4.69, 9.17) is 9.47 Å². The summed E-state index contributed by atoms with van der Waals surface area (Å²) in [7, 11) is 3.21. The topological polar surface area (TPSA) is 65.7 Å². The Labute approximate surface area is 98.2 Å². The Balaban J connectivity index is 2.60. The van der Waals surface area contributed by atoms with Gasteiger partial charge in [0.2, 0.25) is 0 Å². The number of imidazole rings is 1. The second-order valence-corrected chi connectivity index (χ2v) is 3.55. The number of hydrogen-bond acceptors (Lipinski definition) is 5. The zero-order valence-electron chi connectivity index (χ0n) is 9.71. The molecule has 6 heteroatoms. The van der Waals surface area contributed by atoms with Crippen LogP contribution in [0.3, 0.4) is 0 Å². The summed E-state index contributed by atoms with van der Waals surface area (Å²) in [5.74, 6) is 0. The molecule has 0 amide bonds. The molecule has 2 heterocycles. The fraction of sp³-hybridized carbons (Fsp3) is 0.364. The fourth-order valence-electron chi connectivity index (χ4n) is 1.67. The third-order valence-corrected chi connectivity index (χ3v) is 2.36. The normalized spacial score (nSPS) is 10.9. The number of carbonyl (C=O) groups is 1. The van der Waals surface area contributed by atoms with Crippen molar-refractivity contribution in [3.63, 3.8) is 0 Å². The van der Waals surface area contributed by atoms with Gasteiger partial charge in [0.05, 0.1) is 24.6 Å². The van der Waals surface area contributed by atoms with Crippen LogP contribution in [0.2, 0.25) is 0 Å². The van der Waals surface area contributed by atoms with Crippen molar-refractivity contribution < 1.29 is 14.3 Å². The van der Waals surface area contributed by atoms with Crippen molar-refractivity contribution >= 4 is 11.9 Å². The molecule has 0 atom stereocenters. The molecule has 0 aromatic carbocycles. The van der Waals surface area contributed by atoms with Gasteiger partial charge in [-0.15, -0.1) is 0 Å². The van der Waals surface area contributed by atoms with E-state index in [2.05, 4.69) is 9.97 Å². The average Bonchev–Trinajstić information content (AvgIpc) is 2.73. The summed E-state index contributed by atoms with van der Waals surface area (Å²) in [6.45, 7) is 0.807. The summed E-state index contributed by atoms with van der Waals surface area (Å²) in [4.78, 5) is 19.2. The molecule has 0 aliphatic carbocycles. The number of fused-ring (bicyclic) bond motifs is 1. The molecule has 0 unspecified atom stereocenters. The van der Waals surface area contributed by atoms with Crippen LogP contribution in [0.4, 0.5) is 0 Å². The molecule has 0 radical (unpaired) electrons. The lowest BCUT2D eigenvalue weighted by molar-refractivity contribution is 0.112. The predicted molar refractivity (Wildman–Crippen MR) is 59.8 cm³/mol. The fourth-order valence-corrected chi connectivity index (χ4v) is 1.67. The van der Waals surface area contributed by atoms with E-state index in [1.807, 2.05) is 6.07 Å². The van der Waals surface area contributed by atoms with Crippen LogP contribution in [0.1, 0.15) is 21.9 Å².